The second-order valence-corrected chi connectivity index (χ2v) is 5.10. The standard InChI is InChI=1S/C10H16N4OS/c1-7(2)8-5-16-10(13-8)11-4-3-9-12-6-15-14-9/h6-8H,3-5H2,1-2H3,(H,11,13). The van der Waals surface area contributed by atoms with Crippen LogP contribution >= 0.6 is 11.8 Å². The Morgan fingerprint density at radius 1 is 1.69 bits per heavy atom. The van der Waals surface area contributed by atoms with Gasteiger partial charge in [0.2, 0.25) is 6.39 Å². The van der Waals surface area contributed by atoms with Crippen molar-refractivity contribution in [3.63, 3.8) is 0 Å². The van der Waals surface area contributed by atoms with E-state index in [1.54, 1.807) is 11.8 Å². The summed E-state index contributed by atoms with van der Waals surface area (Å²) in [6, 6.07) is 0.550. The van der Waals surface area contributed by atoms with Crippen LogP contribution in [0.15, 0.2) is 15.9 Å². The van der Waals surface area contributed by atoms with Crippen molar-refractivity contribution < 1.29 is 4.52 Å². The van der Waals surface area contributed by atoms with E-state index in [0.717, 1.165) is 17.3 Å². The lowest BCUT2D eigenvalue weighted by atomic mass is 10.1. The fourth-order valence-electron chi connectivity index (χ4n) is 1.42. The number of nitrogens with one attached hydrogen (secondary N) is 1. The second-order valence-electron chi connectivity index (χ2n) is 4.09. The second kappa shape index (κ2) is 5.34. The van der Waals surface area contributed by atoms with E-state index in [0.29, 0.717) is 24.3 Å². The van der Waals surface area contributed by atoms with Crippen molar-refractivity contribution >= 4 is 16.9 Å². The van der Waals surface area contributed by atoms with Crippen molar-refractivity contribution in [3.8, 4) is 0 Å². The maximum atomic E-state index is 4.66. The molecule has 88 valence electrons. The summed E-state index contributed by atoms with van der Waals surface area (Å²) < 4.78 is 4.66. The first kappa shape index (κ1) is 11.4. The molecule has 0 amide bonds. The van der Waals surface area contributed by atoms with Gasteiger partial charge in [-0.15, -0.1) is 0 Å². The summed E-state index contributed by atoms with van der Waals surface area (Å²) in [5.74, 6) is 2.48. The van der Waals surface area contributed by atoms with Crippen molar-refractivity contribution in [3.05, 3.63) is 12.2 Å². The van der Waals surface area contributed by atoms with Gasteiger partial charge in [-0.2, -0.15) is 4.98 Å². The summed E-state index contributed by atoms with van der Waals surface area (Å²) in [4.78, 5) is 8.43. The third-order valence-electron chi connectivity index (χ3n) is 2.51. The van der Waals surface area contributed by atoms with Crippen molar-refractivity contribution in [2.45, 2.75) is 26.3 Å². The SMILES string of the molecule is CC(C)C1CSC(=NCCc2ncon2)N1. The number of amidine groups is 1. The molecule has 1 N–H and O–H groups in total. The molecule has 1 unspecified atom stereocenters. The van der Waals surface area contributed by atoms with E-state index in [-0.39, 0.29) is 0 Å². The Labute approximate surface area is 99.1 Å². The summed E-state index contributed by atoms with van der Waals surface area (Å²) in [5.41, 5.74) is 0. The summed E-state index contributed by atoms with van der Waals surface area (Å²) in [5, 5.41) is 8.20. The van der Waals surface area contributed by atoms with E-state index < -0.39 is 0 Å². The first-order chi connectivity index (χ1) is 7.75. The van der Waals surface area contributed by atoms with Crippen LogP contribution in [-0.4, -0.2) is 33.6 Å². The van der Waals surface area contributed by atoms with Crippen LogP contribution in [0.4, 0.5) is 0 Å². The van der Waals surface area contributed by atoms with Gasteiger partial charge in [0.05, 0.1) is 0 Å². The Balaban J connectivity index is 1.77. The van der Waals surface area contributed by atoms with E-state index in [1.807, 2.05) is 0 Å². The van der Waals surface area contributed by atoms with Crippen LogP contribution in [0, 0.1) is 5.92 Å². The summed E-state index contributed by atoms with van der Waals surface area (Å²) in [7, 11) is 0. The van der Waals surface area contributed by atoms with Crippen LogP contribution in [0.5, 0.6) is 0 Å². The Morgan fingerprint density at radius 3 is 3.19 bits per heavy atom. The molecule has 0 aliphatic carbocycles. The van der Waals surface area contributed by atoms with Crippen LogP contribution in [0.2, 0.25) is 0 Å². The molecular weight excluding hydrogens is 224 g/mol. The molecule has 1 fully saturated rings. The monoisotopic (exact) mass is 240 g/mol. The number of hydrogen-bond donors (Lipinski definition) is 1. The molecule has 5 nitrogen and oxygen atoms in total. The number of aliphatic imine (C=N–C) groups is 1. The van der Waals surface area contributed by atoms with Gasteiger partial charge in [0, 0.05) is 24.8 Å². The van der Waals surface area contributed by atoms with E-state index in [2.05, 4.69) is 38.8 Å². The lowest BCUT2D eigenvalue weighted by molar-refractivity contribution is 0.410. The van der Waals surface area contributed by atoms with Crippen LogP contribution in [-0.2, 0) is 6.42 Å². The molecule has 1 aromatic heterocycles. The van der Waals surface area contributed by atoms with Gasteiger partial charge in [-0.25, -0.2) is 0 Å². The topological polar surface area (TPSA) is 63.3 Å². The molecule has 1 aliphatic rings. The summed E-state index contributed by atoms with van der Waals surface area (Å²) in [6.07, 6.45) is 2.08. The molecular formula is C10H16N4OS. The molecule has 16 heavy (non-hydrogen) atoms. The molecule has 1 aromatic rings. The van der Waals surface area contributed by atoms with Gasteiger partial charge in [-0.3, -0.25) is 4.99 Å². The van der Waals surface area contributed by atoms with Gasteiger partial charge in [0.1, 0.15) is 0 Å². The largest absolute Gasteiger partial charge is 0.361 e. The number of hydrogen-bond acceptors (Lipinski definition) is 5. The van der Waals surface area contributed by atoms with Crippen molar-refractivity contribution in [2.24, 2.45) is 10.9 Å². The molecule has 0 radical (unpaired) electrons. The number of nitrogens with zero attached hydrogens (tertiary/aromatic N) is 3. The Bertz CT molecular complexity index is 350. The molecule has 0 saturated carbocycles. The number of aromatic nitrogens is 2. The van der Waals surface area contributed by atoms with Crippen molar-refractivity contribution in [1.29, 1.82) is 0 Å². The van der Waals surface area contributed by atoms with E-state index >= 15 is 0 Å². The van der Waals surface area contributed by atoms with E-state index in [1.165, 1.54) is 6.39 Å². The predicted octanol–water partition coefficient (Wildman–Crippen LogP) is 1.33. The predicted molar refractivity (Wildman–Crippen MR) is 64.5 cm³/mol. The van der Waals surface area contributed by atoms with Crippen LogP contribution in [0.3, 0.4) is 0 Å². The lowest BCUT2D eigenvalue weighted by Crippen LogP contribution is -2.31. The van der Waals surface area contributed by atoms with E-state index in [4.69, 9.17) is 0 Å². The van der Waals surface area contributed by atoms with Gasteiger partial charge in [-0.1, -0.05) is 30.8 Å². The van der Waals surface area contributed by atoms with Gasteiger partial charge >= 0.3 is 0 Å². The first-order valence-electron chi connectivity index (χ1n) is 5.44. The highest BCUT2D eigenvalue weighted by atomic mass is 32.2. The quantitative estimate of drug-likeness (QED) is 0.860. The van der Waals surface area contributed by atoms with Crippen LogP contribution in [0.1, 0.15) is 19.7 Å². The normalized spacial score (nSPS) is 22.9. The average Bonchev–Trinajstić information content (AvgIpc) is 2.87. The summed E-state index contributed by atoms with van der Waals surface area (Å²) in [6.45, 7) is 5.15. The maximum Gasteiger partial charge on any atom is 0.213 e. The maximum absolute atomic E-state index is 4.66. The first-order valence-corrected chi connectivity index (χ1v) is 6.43. The van der Waals surface area contributed by atoms with Crippen molar-refractivity contribution in [2.75, 3.05) is 12.3 Å². The molecule has 1 saturated heterocycles. The molecule has 0 spiro atoms. The Hall–Kier alpha value is -1.04. The fourth-order valence-corrected chi connectivity index (χ4v) is 2.64. The molecule has 0 aromatic carbocycles. The van der Waals surface area contributed by atoms with Gasteiger partial charge < -0.3 is 9.84 Å². The average molecular weight is 240 g/mol. The zero-order chi connectivity index (χ0) is 11.4. The third kappa shape index (κ3) is 2.98. The number of thioether (sulfide) groups is 1. The highest BCUT2D eigenvalue weighted by molar-refractivity contribution is 8.14. The molecule has 1 atom stereocenters. The van der Waals surface area contributed by atoms with Crippen LogP contribution < -0.4 is 5.32 Å². The fraction of sp³-hybridized carbons (Fsp3) is 0.700. The smallest absolute Gasteiger partial charge is 0.213 e. The Morgan fingerprint density at radius 2 is 2.56 bits per heavy atom. The Kier molecular flexibility index (Phi) is 3.82. The number of rotatable bonds is 4. The van der Waals surface area contributed by atoms with Gasteiger partial charge in [-0.05, 0) is 5.92 Å². The minimum absolute atomic E-state index is 0.550. The lowest BCUT2D eigenvalue weighted by Gasteiger charge is -2.12. The molecule has 6 heteroatoms. The van der Waals surface area contributed by atoms with Crippen LogP contribution in [0.25, 0.3) is 0 Å². The molecule has 2 rings (SSSR count). The minimum atomic E-state index is 0.550. The zero-order valence-electron chi connectivity index (χ0n) is 9.51. The minimum Gasteiger partial charge on any atom is -0.361 e. The van der Waals surface area contributed by atoms with Gasteiger partial charge in [0.15, 0.2) is 11.0 Å². The molecule has 1 aliphatic heterocycles. The van der Waals surface area contributed by atoms with Crippen molar-refractivity contribution in [1.82, 2.24) is 15.5 Å². The van der Waals surface area contributed by atoms with E-state index in [9.17, 15) is 0 Å². The zero-order valence-corrected chi connectivity index (χ0v) is 10.3. The molecule has 0 bridgehead atoms. The highest BCUT2D eigenvalue weighted by Crippen LogP contribution is 2.18. The highest BCUT2D eigenvalue weighted by Gasteiger charge is 2.22. The molecule has 2 heterocycles. The van der Waals surface area contributed by atoms with Gasteiger partial charge in [0.25, 0.3) is 0 Å². The summed E-state index contributed by atoms with van der Waals surface area (Å²) >= 11 is 1.79. The third-order valence-corrected chi connectivity index (χ3v) is 3.56.